The molecule has 7 heteroatoms. The summed E-state index contributed by atoms with van der Waals surface area (Å²) in [6, 6.07) is 4.59. The normalized spacial score (nSPS) is 17.9. The smallest absolute Gasteiger partial charge is 0.407 e. The van der Waals surface area contributed by atoms with Crippen molar-refractivity contribution in [3.63, 3.8) is 0 Å². The second-order valence-electron chi connectivity index (χ2n) is 4.53. The zero-order chi connectivity index (χ0) is 14.7. The number of halogens is 1. The number of hydrogen-bond donors (Lipinski definition) is 2. The van der Waals surface area contributed by atoms with Gasteiger partial charge in [0.25, 0.3) is 5.91 Å². The Morgan fingerprint density at radius 1 is 1.50 bits per heavy atom. The summed E-state index contributed by atoms with van der Waals surface area (Å²) in [5, 5.41) is 12.4. The Morgan fingerprint density at radius 3 is 2.95 bits per heavy atom. The molecule has 0 spiro atoms. The molecule has 1 heterocycles. The van der Waals surface area contributed by atoms with Crippen molar-refractivity contribution in [3.8, 4) is 5.75 Å². The largest absolute Gasteiger partial charge is 0.507 e. The molecule has 1 atom stereocenters. The Balaban J connectivity index is 2.04. The van der Waals surface area contributed by atoms with Crippen molar-refractivity contribution in [1.29, 1.82) is 0 Å². The molecular formula is C13H15BrN2O4. The van der Waals surface area contributed by atoms with Crippen LogP contribution in [0.4, 0.5) is 4.79 Å². The molecule has 2 amide bonds. The first kappa shape index (κ1) is 14.6. The number of methoxy groups -OCH3 is 1. The van der Waals surface area contributed by atoms with Crippen LogP contribution in [0.15, 0.2) is 22.7 Å². The number of hydrogen-bond acceptors (Lipinski definition) is 4. The highest BCUT2D eigenvalue weighted by Gasteiger charge is 2.29. The van der Waals surface area contributed by atoms with Crippen LogP contribution in [0, 0.1) is 0 Å². The summed E-state index contributed by atoms with van der Waals surface area (Å²) in [5.41, 5.74) is 0.248. The first-order chi connectivity index (χ1) is 9.51. The number of ether oxygens (including phenoxy) is 1. The van der Waals surface area contributed by atoms with E-state index in [0.717, 1.165) is 4.47 Å². The van der Waals surface area contributed by atoms with Crippen LogP contribution in [-0.4, -0.2) is 48.2 Å². The van der Waals surface area contributed by atoms with Crippen LogP contribution >= 0.6 is 15.9 Å². The first-order valence-corrected chi connectivity index (χ1v) is 6.93. The van der Waals surface area contributed by atoms with E-state index < -0.39 is 6.09 Å². The van der Waals surface area contributed by atoms with Gasteiger partial charge < -0.3 is 20.1 Å². The Hall–Kier alpha value is -1.76. The van der Waals surface area contributed by atoms with E-state index in [1.54, 1.807) is 17.0 Å². The summed E-state index contributed by atoms with van der Waals surface area (Å²) in [6.45, 7) is 0.930. The average molecular weight is 343 g/mol. The van der Waals surface area contributed by atoms with Gasteiger partial charge in [-0.05, 0) is 24.6 Å². The van der Waals surface area contributed by atoms with E-state index in [9.17, 15) is 14.7 Å². The van der Waals surface area contributed by atoms with Crippen LogP contribution in [-0.2, 0) is 4.74 Å². The van der Waals surface area contributed by atoms with Gasteiger partial charge in [-0.25, -0.2) is 4.79 Å². The van der Waals surface area contributed by atoms with Crippen LogP contribution in [0.25, 0.3) is 0 Å². The molecule has 0 aromatic heterocycles. The predicted molar refractivity (Wildman–Crippen MR) is 75.7 cm³/mol. The minimum Gasteiger partial charge on any atom is -0.507 e. The topological polar surface area (TPSA) is 78.9 Å². The van der Waals surface area contributed by atoms with Gasteiger partial charge in [-0.3, -0.25) is 4.79 Å². The van der Waals surface area contributed by atoms with E-state index in [0.29, 0.717) is 19.5 Å². The number of nitrogens with one attached hydrogen (secondary N) is 1. The van der Waals surface area contributed by atoms with Gasteiger partial charge in [0.1, 0.15) is 5.75 Å². The van der Waals surface area contributed by atoms with Gasteiger partial charge in [-0.15, -0.1) is 0 Å². The maximum atomic E-state index is 12.3. The Labute approximate surface area is 124 Å². The van der Waals surface area contributed by atoms with Gasteiger partial charge in [0.2, 0.25) is 0 Å². The summed E-state index contributed by atoms with van der Waals surface area (Å²) >= 11 is 3.27. The van der Waals surface area contributed by atoms with E-state index in [1.807, 2.05) is 0 Å². The number of amides is 2. The summed E-state index contributed by atoms with van der Waals surface area (Å²) < 4.78 is 5.25. The number of rotatable bonds is 2. The molecule has 0 radical (unpaired) electrons. The fourth-order valence-electron chi connectivity index (χ4n) is 2.14. The van der Waals surface area contributed by atoms with Crippen molar-refractivity contribution in [2.24, 2.45) is 0 Å². The molecule has 2 rings (SSSR count). The van der Waals surface area contributed by atoms with E-state index in [1.165, 1.54) is 13.2 Å². The van der Waals surface area contributed by atoms with E-state index in [2.05, 4.69) is 26.0 Å². The van der Waals surface area contributed by atoms with E-state index in [4.69, 9.17) is 0 Å². The fourth-order valence-corrected chi connectivity index (χ4v) is 2.50. The van der Waals surface area contributed by atoms with Crippen LogP contribution in [0.1, 0.15) is 16.8 Å². The summed E-state index contributed by atoms with van der Waals surface area (Å²) in [6.07, 6.45) is 0.157. The van der Waals surface area contributed by atoms with Gasteiger partial charge in [0, 0.05) is 17.6 Å². The molecule has 1 aliphatic heterocycles. The molecule has 0 bridgehead atoms. The summed E-state index contributed by atoms with van der Waals surface area (Å²) in [7, 11) is 1.30. The minimum atomic E-state index is -0.505. The maximum Gasteiger partial charge on any atom is 0.407 e. The molecule has 1 aromatic rings. The molecule has 0 aliphatic carbocycles. The lowest BCUT2D eigenvalue weighted by Gasteiger charge is -2.17. The summed E-state index contributed by atoms with van der Waals surface area (Å²) in [4.78, 5) is 25.1. The average Bonchev–Trinajstić information content (AvgIpc) is 2.89. The van der Waals surface area contributed by atoms with Crippen LogP contribution in [0.3, 0.4) is 0 Å². The molecule has 20 heavy (non-hydrogen) atoms. The number of benzene rings is 1. The molecule has 108 valence electrons. The highest BCUT2D eigenvalue weighted by Crippen LogP contribution is 2.24. The lowest BCUT2D eigenvalue weighted by Crippen LogP contribution is -2.38. The number of likely N-dealkylation sites (tertiary alicyclic amines) is 1. The molecule has 1 unspecified atom stereocenters. The third-order valence-corrected chi connectivity index (χ3v) is 3.67. The number of carbonyl (C=O) groups is 2. The third-order valence-electron chi connectivity index (χ3n) is 3.17. The zero-order valence-corrected chi connectivity index (χ0v) is 12.5. The number of phenols is 1. The van der Waals surface area contributed by atoms with Crippen molar-refractivity contribution in [2.75, 3.05) is 20.2 Å². The molecular weight excluding hydrogens is 328 g/mol. The van der Waals surface area contributed by atoms with E-state index in [-0.39, 0.29) is 23.3 Å². The van der Waals surface area contributed by atoms with E-state index >= 15 is 0 Å². The minimum absolute atomic E-state index is 0.0532. The third kappa shape index (κ3) is 3.22. The summed E-state index contributed by atoms with van der Waals surface area (Å²) in [5.74, 6) is -0.305. The van der Waals surface area contributed by atoms with Gasteiger partial charge >= 0.3 is 6.09 Å². The molecule has 1 aliphatic rings. The highest BCUT2D eigenvalue weighted by atomic mass is 79.9. The molecule has 1 aromatic carbocycles. The van der Waals surface area contributed by atoms with Crippen molar-refractivity contribution in [2.45, 2.75) is 12.5 Å². The maximum absolute atomic E-state index is 12.3. The second-order valence-corrected chi connectivity index (χ2v) is 5.45. The SMILES string of the molecule is COC(=O)NC1CCN(C(=O)c2cc(Br)ccc2O)C1. The lowest BCUT2D eigenvalue weighted by atomic mass is 10.2. The van der Waals surface area contributed by atoms with Crippen molar-refractivity contribution < 1.29 is 19.4 Å². The fraction of sp³-hybridized carbons (Fsp3) is 0.385. The number of phenolic OH excluding ortho intramolecular Hbond substituents is 1. The Morgan fingerprint density at radius 2 is 2.25 bits per heavy atom. The van der Waals surface area contributed by atoms with Crippen LogP contribution in [0.2, 0.25) is 0 Å². The number of nitrogens with zero attached hydrogens (tertiary/aromatic N) is 1. The van der Waals surface area contributed by atoms with Crippen LogP contribution < -0.4 is 5.32 Å². The highest BCUT2D eigenvalue weighted by molar-refractivity contribution is 9.10. The van der Waals surface area contributed by atoms with Crippen molar-refractivity contribution in [3.05, 3.63) is 28.2 Å². The first-order valence-electron chi connectivity index (χ1n) is 6.13. The van der Waals surface area contributed by atoms with Crippen molar-refractivity contribution >= 4 is 27.9 Å². The molecule has 1 fully saturated rings. The standard InChI is InChI=1S/C13H15BrN2O4/c1-20-13(19)15-9-4-5-16(7-9)12(18)10-6-8(14)2-3-11(10)17/h2-3,6,9,17H,4-5,7H2,1H3,(H,15,19). The quantitative estimate of drug-likeness (QED) is 0.857. The molecule has 2 N–H and O–H groups in total. The van der Waals surface area contributed by atoms with Gasteiger partial charge in [-0.1, -0.05) is 15.9 Å². The number of alkyl carbamates (subject to hydrolysis) is 1. The Kier molecular flexibility index (Phi) is 4.49. The molecule has 0 saturated carbocycles. The van der Waals surface area contributed by atoms with Gasteiger partial charge in [0.15, 0.2) is 0 Å². The number of carbonyl (C=O) groups excluding carboxylic acids is 2. The van der Waals surface area contributed by atoms with Gasteiger partial charge in [-0.2, -0.15) is 0 Å². The lowest BCUT2D eigenvalue weighted by molar-refractivity contribution is 0.0785. The predicted octanol–water partition coefficient (Wildman–Crippen LogP) is 1.73. The Bertz CT molecular complexity index is 535. The molecule has 1 saturated heterocycles. The zero-order valence-electron chi connectivity index (χ0n) is 10.9. The molecule has 6 nitrogen and oxygen atoms in total. The monoisotopic (exact) mass is 342 g/mol. The second kappa shape index (κ2) is 6.13. The van der Waals surface area contributed by atoms with Crippen LogP contribution in [0.5, 0.6) is 5.75 Å². The van der Waals surface area contributed by atoms with Crippen molar-refractivity contribution in [1.82, 2.24) is 10.2 Å². The van der Waals surface area contributed by atoms with Gasteiger partial charge in [0.05, 0.1) is 18.7 Å². The number of aromatic hydroxyl groups is 1.